The molecule has 0 spiro atoms. The van der Waals surface area contributed by atoms with Gasteiger partial charge in [-0.3, -0.25) is 9.10 Å². The molecule has 0 radical (unpaired) electrons. The van der Waals surface area contributed by atoms with E-state index in [0.29, 0.717) is 11.6 Å². The lowest BCUT2D eigenvalue weighted by atomic mass is 10.1. The van der Waals surface area contributed by atoms with Gasteiger partial charge in [0.2, 0.25) is 15.9 Å². The molecule has 0 saturated carbocycles. The minimum Gasteiger partial charge on any atom is -0.350 e. The summed E-state index contributed by atoms with van der Waals surface area (Å²) in [6, 6.07) is 11.2. The number of benzene rings is 2. The van der Waals surface area contributed by atoms with Gasteiger partial charge in [0, 0.05) is 6.54 Å². The van der Waals surface area contributed by atoms with Crippen molar-refractivity contribution in [2.75, 3.05) is 10.6 Å². The van der Waals surface area contributed by atoms with Crippen molar-refractivity contribution in [3.05, 3.63) is 63.6 Å². The molecule has 0 aromatic heterocycles. The minimum atomic E-state index is -3.71. The number of sulfonamides is 1. The molecule has 0 fully saturated rings. The van der Waals surface area contributed by atoms with Crippen LogP contribution in [0.5, 0.6) is 0 Å². The van der Waals surface area contributed by atoms with Crippen molar-refractivity contribution in [3.8, 4) is 0 Å². The lowest BCUT2D eigenvalue weighted by molar-refractivity contribution is -0.122. The van der Waals surface area contributed by atoms with Gasteiger partial charge in [0.25, 0.3) is 0 Å². The molecule has 1 N–H and O–H groups in total. The summed E-state index contributed by atoms with van der Waals surface area (Å²) in [6.45, 7) is 3.79. The van der Waals surface area contributed by atoms with Crippen molar-refractivity contribution in [1.82, 2.24) is 5.32 Å². The van der Waals surface area contributed by atoms with Gasteiger partial charge >= 0.3 is 0 Å². The van der Waals surface area contributed by atoms with Gasteiger partial charge in [-0.1, -0.05) is 53.0 Å². The summed E-state index contributed by atoms with van der Waals surface area (Å²) in [5.41, 5.74) is 2.30. The summed E-state index contributed by atoms with van der Waals surface area (Å²) < 4.78 is 25.6. The molecule has 0 bridgehead atoms. The third-order valence-corrected chi connectivity index (χ3v) is 5.78. The molecule has 2 aromatic rings. The second-order valence-corrected chi connectivity index (χ2v) is 8.71. The number of hydrogen-bond acceptors (Lipinski definition) is 3. The number of carbonyl (C=O) groups excluding carboxylic acids is 1. The molecule has 2 aromatic carbocycles. The minimum absolute atomic E-state index is 0.213. The van der Waals surface area contributed by atoms with Gasteiger partial charge < -0.3 is 5.32 Å². The van der Waals surface area contributed by atoms with Gasteiger partial charge in [-0.25, -0.2) is 8.42 Å². The predicted octanol–water partition coefficient (Wildman–Crippen LogP) is 3.77. The van der Waals surface area contributed by atoms with Crippen molar-refractivity contribution in [2.45, 2.75) is 26.4 Å². The molecule has 140 valence electrons. The third-order valence-electron chi connectivity index (χ3n) is 3.80. The van der Waals surface area contributed by atoms with Crippen LogP contribution >= 0.6 is 23.2 Å². The molecule has 8 heteroatoms. The van der Waals surface area contributed by atoms with Crippen molar-refractivity contribution >= 4 is 44.8 Å². The van der Waals surface area contributed by atoms with Crippen LogP contribution in [0.25, 0.3) is 0 Å². The Bertz CT molecular complexity index is 916. The van der Waals surface area contributed by atoms with E-state index in [2.05, 4.69) is 5.32 Å². The predicted molar refractivity (Wildman–Crippen MR) is 106 cm³/mol. The first-order chi connectivity index (χ1) is 12.1. The molecule has 2 rings (SSSR count). The molecule has 0 heterocycles. The van der Waals surface area contributed by atoms with E-state index in [0.717, 1.165) is 21.7 Å². The Morgan fingerprint density at radius 1 is 1.15 bits per heavy atom. The van der Waals surface area contributed by atoms with E-state index in [9.17, 15) is 13.2 Å². The van der Waals surface area contributed by atoms with Crippen LogP contribution in [0.4, 0.5) is 5.69 Å². The van der Waals surface area contributed by atoms with Crippen molar-refractivity contribution in [2.24, 2.45) is 0 Å². The van der Waals surface area contributed by atoms with Gasteiger partial charge in [-0.05, 0) is 37.6 Å². The molecule has 0 unspecified atom stereocenters. The first kappa shape index (κ1) is 20.6. The Morgan fingerprint density at radius 3 is 2.42 bits per heavy atom. The van der Waals surface area contributed by atoms with Gasteiger partial charge in [0.15, 0.2) is 0 Å². The van der Waals surface area contributed by atoms with Gasteiger partial charge in [-0.2, -0.15) is 0 Å². The van der Waals surface area contributed by atoms with E-state index in [1.807, 2.05) is 31.2 Å². The number of rotatable bonds is 6. The second kappa shape index (κ2) is 8.29. The number of amides is 1. The van der Waals surface area contributed by atoms with Crippen LogP contribution in [-0.4, -0.2) is 26.6 Å². The van der Waals surface area contributed by atoms with E-state index in [1.54, 1.807) is 0 Å². The number of anilines is 1. The lowest BCUT2D eigenvalue weighted by Gasteiger charge is -2.28. The van der Waals surface area contributed by atoms with E-state index < -0.39 is 22.0 Å². The third kappa shape index (κ3) is 5.13. The van der Waals surface area contributed by atoms with Crippen LogP contribution in [0.3, 0.4) is 0 Å². The molecular formula is C18H20Cl2N2O3S. The van der Waals surface area contributed by atoms with Crippen LogP contribution in [0.2, 0.25) is 10.0 Å². The summed E-state index contributed by atoms with van der Waals surface area (Å²) in [6.07, 6.45) is 1.04. The van der Waals surface area contributed by atoms with E-state index in [4.69, 9.17) is 23.2 Å². The second-order valence-electron chi connectivity index (χ2n) is 6.04. The first-order valence-corrected chi connectivity index (χ1v) is 10.5. The number of carbonyl (C=O) groups is 1. The zero-order chi connectivity index (χ0) is 19.5. The highest BCUT2D eigenvalue weighted by molar-refractivity contribution is 7.92. The van der Waals surface area contributed by atoms with E-state index >= 15 is 0 Å². The Hall–Kier alpha value is -1.76. The molecule has 1 atom stereocenters. The van der Waals surface area contributed by atoms with Crippen molar-refractivity contribution in [3.63, 3.8) is 0 Å². The molecular weight excluding hydrogens is 395 g/mol. The van der Waals surface area contributed by atoms with Crippen LogP contribution in [0.15, 0.2) is 42.5 Å². The highest BCUT2D eigenvalue weighted by Crippen LogP contribution is 2.29. The summed E-state index contributed by atoms with van der Waals surface area (Å²) >= 11 is 11.9. The maximum absolute atomic E-state index is 12.5. The summed E-state index contributed by atoms with van der Waals surface area (Å²) in [5, 5.41) is 3.29. The first-order valence-electron chi connectivity index (χ1n) is 7.87. The summed E-state index contributed by atoms with van der Waals surface area (Å²) in [5.74, 6) is -0.414. The fourth-order valence-corrected chi connectivity index (χ4v) is 4.05. The highest BCUT2D eigenvalue weighted by Gasteiger charge is 2.29. The topological polar surface area (TPSA) is 66.5 Å². The standard InChI is InChI=1S/C18H20Cl2N2O3S/c1-12-5-4-6-14(9-12)11-21-18(23)13(2)22(26(3,24)25)15-7-8-16(19)17(20)10-15/h4-10,13H,11H2,1-3H3,(H,21,23)/t13-/m1/s1. The number of halogens is 2. The fourth-order valence-electron chi connectivity index (χ4n) is 2.59. The number of nitrogens with zero attached hydrogens (tertiary/aromatic N) is 1. The molecule has 1 amide bonds. The lowest BCUT2D eigenvalue weighted by Crippen LogP contribution is -2.47. The Kier molecular flexibility index (Phi) is 6.55. The summed E-state index contributed by atoms with van der Waals surface area (Å²) in [4.78, 5) is 12.5. The van der Waals surface area contributed by atoms with Gasteiger partial charge in [0.1, 0.15) is 6.04 Å². The van der Waals surface area contributed by atoms with Crippen LogP contribution in [0, 0.1) is 6.92 Å². The number of nitrogens with one attached hydrogen (secondary N) is 1. The Balaban J connectivity index is 2.22. The molecule has 0 aliphatic rings. The molecule has 26 heavy (non-hydrogen) atoms. The van der Waals surface area contributed by atoms with Crippen molar-refractivity contribution < 1.29 is 13.2 Å². The largest absolute Gasteiger partial charge is 0.350 e. The maximum atomic E-state index is 12.5. The number of hydrogen-bond donors (Lipinski definition) is 1. The molecule has 0 aliphatic carbocycles. The smallest absolute Gasteiger partial charge is 0.243 e. The average Bonchev–Trinajstić information content (AvgIpc) is 2.55. The summed E-state index contributed by atoms with van der Waals surface area (Å²) in [7, 11) is -3.71. The van der Waals surface area contributed by atoms with Gasteiger partial charge in [-0.15, -0.1) is 0 Å². The average molecular weight is 415 g/mol. The number of aryl methyl sites for hydroxylation is 1. The Labute approximate surface area is 164 Å². The quantitative estimate of drug-likeness (QED) is 0.781. The van der Waals surface area contributed by atoms with E-state index in [-0.39, 0.29) is 10.7 Å². The van der Waals surface area contributed by atoms with E-state index in [1.165, 1.54) is 25.1 Å². The van der Waals surface area contributed by atoms with Crippen LogP contribution in [0.1, 0.15) is 18.1 Å². The van der Waals surface area contributed by atoms with Gasteiger partial charge in [0.05, 0.1) is 22.0 Å². The maximum Gasteiger partial charge on any atom is 0.243 e. The van der Waals surface area contributed by atoms with Crippen LogP contribution < -0.4 is 9.62 Å². The SMILES string of the molecule is Cc1cccc(CNC(=O)[C@@H](C)N(c2ccc(Cl)c(Cl)c2)S(C)(=O)=O)c1. The molecule has 0 aliphatic heterocycles. The normalized spacial score (nSPS) is 12.5. The molecule has 0 saturated heterocycles. The fraction of sp³-hybridized carbons (Fsp3) is 0.278. The zero-order valence-corrected chi connectivity index (χ0v) is 17.0. The Morgan fingerprint density at radius 2 is 1.85 bits per heavy atom. The zero-order valence-electron chi connectivity index (χ0n) is 14.7. The highest BCUT2D eigenvalue weighted by atomic mass is 35.5. The van der Waals surface area contributed by atoms with Crippen LogP contribution in [-0.2, 0) is 21.4 Å². The monoisotopic (exact) mass is 414 g/mol. The molecule has 5 nitrogen and oxygen atoms in total. The van der Waals surface area contributed by atoms with Crippen molar-refractivity contribution in [1.29, 1.82) is 0 Å².